The number of nitrogens with zero attached hydrogens (tertiary/aromatic N) is 2. The summed E-state index contributed by atoms with van der Waals surface area (Å²) in [5, 5.41) is 3.64. The second kappa shape index (κ2) is 5.23. The molecule has 1 aromatic rings. The number of carbonyl (C=O) groups excluding carboxylic acids is 2. The molecule has 2 aliphatic heterocycles. The first-order chi connectivity index (χ1) is 9.60. The van der Waals surface area contributed by atoms with Crippen LogP contribution in [0.2, 0.25) is 0 Å². The summed E-state index contributed by atoms with van der Waals surface area (Å²) in [4.78, 5) is 23.3. The maximum atomic E-state index is 11.9. The first kappa shape index (κ1) is 13.7. The van der Waals surface area contributed by atoms with E-state index in [1.54, 1.807) is 11.9 Å². The number of Topliss-reactive ketones (excluding diaryl/α,β-unsaturated/α-hetero) is 1. The zero-order valence-corrected chi connectivity index (χ0v) is 13.3. The molecule has 20 heavy (non-hydrogen) atoms. The molecule has 106 valence electrons. The number of carbonyl (C=O) groups is 2. The lowest BCUT2D eigenvalue weighted by Crippen LogP contribution is -2.42. The van der Waals surface area contributed by atoms with Crippen molar-refractivity contribution in [3.63, 3.8) is 0 Å². The van der Waals surface area contributed by atoms with Crippen LogP contribution in [0.3, 0.4) is 0 Å². The van der Waals surface area contributed by atoms with E-state index >= 15 is 0 Å². The molecule has 1 saturated heterocycles. The minimum atomic E-state index is -0.282. The predicted molar refractivity (Wildman–Crippen MR) is 83.4 cm³/mol. The van der Waals surface area contributed by atoms with E-state index in [9.17, 15) is 9.59 Å². The average molecular weight is 386 g/mol. The molecule has 1 unspecified atom stereocenters. The van der Waals surface area contributed by atoms with Gasteiger partial charge in [0.2, 0.25) is 0 Å². The van der Waals surface area contributed by atoms with E-state index in [4.69, 9.17) is 4.74 Å². The number of rotatable bonds is 3. The molecular weight excluding hydrogens is 371 g/mol. The van der Waals surface area contributed by atoms with Gasteiger partial charge in [-0.2, -0.15) is 0 Å². The molecule has 1 amide bonds. The lowest BCUT2D eigenvalue weighted by atomic mass is 10.1. The van der Waals surface area contributed by atoms with E-state index in [1.165, 1.54) is 0 Å². The Kier molecular flexibility index (Phi) is 3.57. The number of fused-ring (bicyclic) bond motifs is 1. The SMILES string of the molecule is CC(=O)c1ccc2c(c1)CCN2N1CC(CI)OC1=O. The third-order valence-electron chi connectivity index (χ3n) is 3.68. The van der Waals surface area contributed by atoms with Crippen LogP contribution in [0.5, 0.6) is 0 Å². The Bertz CT molecular complexity index is 576. The normalized spacial score (nSPS) is 21.1. The Morgan fingerprint density at radius 2 is 2.25 bits per heavy atom. The van der Waals surface area contributed by atoms with Gasteiger partial charge in [0, 0.05) is 16.5 Å². The molecule has 6 heteroatoms. The van der Waals surface area contributed by atoms with Crippen LogP contribution >= 0.6 is 22.6 Å². The summed E-state index contributed by atoms with van der Waals surface area (Å²) < 4.78 is 6.09. The topological polar surface area (TPSA) is 49.9 Å². The largest absolute Gasteiger partial charge is 0.442 e. The number of ether oxygens (including phenoxy) is 1. The number of ketones is 1. The third kappa shape index (κ3) is 2.25. The molecule has 0 aromatic heterocycles. The minimum Gasteiger partial charge on any atom is -0.442 e. The van der Waals surface area contributed by atoms with Gasteiger partial charge >= 0.3 is 6.09 Å². The van der Waals surface area contributed by atoms with Crippen molar-refractivity contribution in [3.05, 3.63) is 29.3 Å². The number of hydrogen-bond donors (Lipinski definition) is 0. The predicted octanol–water partition coefficient (Wildman–Crippen LogP) is 2.42. The van der Waals surface area contributed by atoms with E-state index in [0.717, 1.165) is 34.2 Å². The fourth-order valence-electron chi connectivity index (χ4n) is 2.64. The monoisotopic (exact) mass is 386 g/mol. The van der Waals surface area contributed by atoms with Crippen LogP contribution in [0, 0.1) is 0 Å². The lowest BCUT2D eigenvalue weighted by Gasteiger charge is -2.27. The van der Waals surface area contributed by atoms with E-state index in [0.29, 0.717) is 6.54 Å². The van der Waals surface area contributed by atoms with Crippen molar-refractivity contribution in [2.45, 2.75) is 19.4 Å². The Labute approximate surface area is 131 Å². The Balaban J connectivity index is 1.86. The van der Waals surface area contributed by atoms with Crippen LogP contribution in [0.4, 0.5) is 10.5 Å². The highest BCUT2D eigenvalue weighted by atomic mass is 127. The second-order valence-corrected chi connectivity index (χ2v) is 5.90. The van der Waals surface area contributed by atoms with E-state index in [1.807, 2.05) is 23.2 Å². The number of amides is 1. The highest BCUT2D eigenvalue weighted by Crippen LogP contribution is 2.32. The van der Waals surface area contributed by atoms with Gasteiger partial charge in [-0.05, 0) is 37.1 Å². The van der Waals surface area contributed by atoms with Gasteiger partial charge in [-0.3, -0.25) is 9.80 Å². The van der Waals surface area contributed by atoms with Gasteiger partial charge in [-0.15, -0.1) is 0 Å². The quantitative estimate of drug-likeness (QED) is 0.455. The van der Waals surface area contributed by atoms with Crippen molar-refractivity contribution in [2.75, 3.05) is 22.5 Å². The summed E-state index contributed by atoms with van der Waals surface area (Å²) in [5.74, 6) is 0.0665. The van der Waals surface area contributed by atoms with E-state index in [2.05, 4.69) is 22.6 Å². The van der Waals surface area contributed by atoms with Crippen LogP contribution < -0.4 is 5.01 Å². The summed E-state index contributed by atoms with van der Waals surface area (Å²) in [7, 11) is 0. The Morgan fingerprint density at radius 1 is 1.45 bits per heavy atom. The number of benzene rings is 1. The molecule has 1 aromatic carbocycles. The van der Waals surface area contributed by atoms with Gasteiger partial charge in [0.05, 0.1) is 12.2 Å². The van der Waals surface area contributed by atoms with Gasteiger partial charge in [0.15, 0.2) is 5.78 Å². The lowest BCUT2D eigenvalue weighted by molar-refractivity contribution is 0.101. The molecule has 0 N–H and O–H groups in total. The average Bonchev–Trinajstić information content (AvgIpc) is 3.00. The molecule has 0 saturated carbocycles. The van der Waals surface area contributed by atoms with Crippen molar-refractivity contribution in [3.8, 4) is 0 Å². The fourth-order valence-corrected chi connectivity index (χ4v) is 3.10. The molecule has 1 fully saturated rings. The molecule has 0 spiro atoms. The summed E-state index contributed by atoms with van der Waals surface area (Å²) >= 11 is 2.22. The zero-order valence-electron chi connectivity index (χ0n) is 11.1. The molecule has 5 nitrogen and oxygen atoms in total. The van der Waals surface area contributed by atoms with Gasteiger partial charge in [0.25, 0.3) is 0 Å². The van der Waals surface area contributed by atoms with Crippen LogP contribution in [0.1, 0.15) is 22.8 Å². The van der Waals surface area contributed by atoms with Crippen LogP contribution in [0.15, 0.2) is 18.2 Å². The van der Waals surface area contributed by atoms with Gasteiger partial charge in [-0.25, -0.2) is 9.80 Å². The summed E-state index contributed by atoms with van der Waals surface area (Å²) in [6, 6.07) is 5.66. The zero-order chi connectivity index (χ0) is 14.3. The fraction of sp³-hybridized carbons (Fsp3) is 0.429. The second-order valence-electron chi connectivity index (χ2n) is 5.01. The first-order valence-corrected chi connectivity index (χ1v) is 8.08. The number of halogens is 1. The summed E-state index contributed by atoms with van der Waals surface area (Å²) in [5.41, 5.74) is 2.84. The van der Waals surface area contributed by atoms with Crippen molar-refractivity contribution in [1.82, 2.24) is 5.01 Å². The van der Waals surface area contributed by atoms with Crippen LogP contribution in [-0.2, 0) is 11.2 Å². The van der Waals surface area contributed by atoms with Crippen LogP contribution in [-0.4, -0.2) is 40.5 Å². The molecule has 2 aliphatic rings. The molecule has 0 bridgehead atoms. The molecule has 2 heterocycles. The maximum absolute atomic E-state index is 11.9. The molecule has 0 aliphatic carbocycles. The molecule has 1 atom stereocenters. The molecule has 0 radical (unpaired) electrons. The van der Waals surface area contributed by atoms with Crippen LogP contribution in [0.25, 0.3) is 0 Å². The first-order valence-electron chi connectivity index (χ1n) is 6.55. The highest BCUT2D eigenvalue weighted by molar-refractivity contribution is 14.1. The van der Waals surface area contributed by atoms with Gasteiger partial charge in [-0.1, -0.05) is 22.6 Å². The van der Waals surface area contributed by atoms with E-state index in [-0.39, 0.29) is 18.0 Å². The van der Waals surface area contributed by atoms with Crippen molar-refractivity contribution in [1.29, 1.82) is 0 Å². The van der Waals surface area contributed by atoms with Crippen molar-refractivity contribution in [2.24, 2.45) is 0 Å². The highest BCUT2D eigenvalue weighted by Gasteiger charge is 2.37. The Morgan fingerprint density at radius 3 is 2.90 bits per heavy atom. The number of hydrazine groups is 1. The Hall–Kier alpha value is -1.31. The molecular formula is C14H15IN2O3. The number of cyclic esters (lactones) is 1. The number of alkyl halides is 1. The van der Waals surface area contributed by atoms with Gasteiger partial charge < -0.3 is 4.74 Å². The molecule has 3 rings (SSSR count). The van der Waals surface area contributed by atoms with Gasteiger partial charge in [0.1, 0.15) is 6.10 Å². The summed E-state index contributed by atoms with van der Waals surface area (Å²) in [6.45, 7) is 2.91. The van der Waals surface area contributed by atoms with E-state index < -0.39 is 0 Å². The third-order valence-corrected chi connectivity index (χ3v) is 4.66. The number of hydrogen-bond acceptors (Lipinski definition) is 4. The van der Waals surface area contributed by atoms with Crippen molar-refractivity contribution < 1.29 is 14.3 Å². The summed E-state index contributed by atoms with van der Waals surface area (Å²) in [6.07, 6.45) is 0.522. The smallest absolute Gasteiger partial charge is 0.429 e. The number of anilines is 1. The van der Waals surface area contributed by atoms with Crippen molar-refractivity contribution >= 4 is 40.2 Å². The minimum absolute atomic E-state index is 0.0383. The standard InChI is InChI=1S/C14H15IN2O3/c1-9(18)10-2-3-13-11(6-10)4-5-16(13)17-8-12(7-15)20-14(17)19/h2-3,6,12H,4-5,7-8H2,1H3. The maximum Gasteiger partial charge on any atom is 0.429 e.